The summed E-state index contributed by atoms with van der Waals surface area (Å²) in [4.78, 5) is 0. The minimum Gasteiger partial charge on any atom is -0.507 e. The quantitative estimate of drug-likeness (QED) is 0.895. The van der Waals surface area contributed by atoms with Crippen LogP contribution in [0.25, 0.3) is 0 Å². The minimum atomic E-state index is -4.56. The van der Waals surface area contributed by atoms with Gasteiger partial charge >= 0.3 is 6.18 Å². The van der Waals surface area contributed by atoms with E-state index < -0.39 is 17.5 Å². The summed E-state index contributed by atoms with van der Waals surface area (Å²) in [5.41, 5.74) is 4.60. The molecule has 0 aromatic heterocycles. The second-order valence-corrected chi connectivity index (χ2v) is 4.78. The van der Waals surface area contributed by atoms with Gasteiger partial charge in [-0.25, -0.2) is 0 Å². The molecule has 1 atom stereocenters. The zero-order valence-corrected chi connectivity index (χ0v) is 10.8. The van der Waals surface area contributed by atoms with Gasteiger partial charge in [-0.1, -0.05) is 22.9 Å². The number of phenols is 1. The first-order chi connectivity index (χ1) is 7.77. The highest BCUT2D eigenvalue weighted by molar-refractivity contribution is 9.10. The molecule has 0 spiro atoms. The number of halogens is 4. The van der Waals surface area contributed by atoms with E-state index >= 15 is 0 Å². The van der Waals surface area contributed by atoms with Crippen LogP contribution in [0.4, 0.5) is 13.2 Å². The van der Waals surface area contributed by atoms with Crippen molar-refractivity contribution < 1.29 is 18.3 Å². The largest absolute Gasteiger partial charge is 0.507 e. The Morgan fingerprint density at radius 2 is 2.00 bits per heavy atom. The van der Waals surface area contributed by atoms with Gasteiger partial charge in [-0.15, -0.1) is 0 Å². The predicted octanol–water partition coefficient (Wildman–Crippen LogP) is 3.63. The molecular formula is C11H13BrF3NO. The first-order valence-corrected chi connectivity index (χ1v) is 5.86. The van der Waals surface area contributed by atoms with Gasteiger partial charge in [-0.05, 0) is 36.6 Å². The second-order valence-electron chi connectivity index (χ2n) is 3.87. The highest BCUT2D eigenvalue weighted by Crippen LogP contribution is 2.42. The normalized spacial score (nSPS) is 13.8. The molecule has 6 heteroatoms. The van der Waals surface area contributed by atoms with Gasteiger partial charge in [-0.2, -0.15) is 13.2 Å². The van der Waals surface area contributed by atoms with Crippen molar-refractivity contribution in [2.45, 2.75) is 25.4 Å². The molecule has 0 saturated heterocycles. The molecule has 3 N–H and O–H groups in total. The molecule has 0 amide bonds. The molecule has 1 unspecified atom stereocenters. The van der Waals surface area contributed by atoms with E-state index in [1.807, 2.05) is 0 Å². The lowest BCUT2D eigenvalue weighted by atomic mass is 9.94. The molecule has 0 aliphatic carbocycles. The summed E-state index contributed by atoms with van der Waals surface area (Å²) in [7, 11) is 0. The number of alkyl halides is 3. The van der Waals surface area contributed by atoms with Crippen LogP contribution in [0.1, 0.15) is 30.4 Å². The van der Waals surface area contributed by atoms with Gasteiger partial charge in [0.05, 0.1) is 5.56 Å². The molecule has 96 valence electrons. The summed E-state index contributed by atoms with van der Waals surface area (Å²) in [5.74, 6) is -0.930. The molecule has 1 aromatic rings. The summed E-state index contributed by atoms with van der Waals surface area (Å²) in [6, 6.07) is 2.36. The van der Waals surface area contributed by atoms with Gasteiger partial charge in [0, 0.05) is 4.47 Å². The zero-order valence-electron chi connectivity index (χ0n) is 9.18. The summed E-state index contributed by atoms with van der Waals surface area (Å²) >= 11 is 3.02. The van der Waals surface area contributed by atoms with Crippen LogP contribution in [-0.4, -0.2) is 11.7 Å². The minimum absolute atomic E-state index is 0.224. The van der Waals surface area contributed by atoms with Crippen molar-refractivity contribution in [2.24, 2.45) is 5.73 Å². The number of nitrogens with two attached hydrogens (primary N) is 1. The maximum absolute atomic E-state index is 12.7. The fourth-order valence-corrected chi connectivity index (χ4v) is 2.09. The molecule has 0 bridgehead atoms. The second kappa shape index (κ2) is 5.27. The van der Waals surface area contributed by atoms with Crippen molar-refractivity contribution in [3.8, 4) is 5.75 Å². The fourth-order valence-electron chi connectivity index (χ4n) is 1.62. The Kier molecular flexibility index (Phi) is 4.43. The van der Waals surface area contributed by atoms with Crippen molar-refractivity contribution in [3.63, 3.8) is 0 Å². The van der Waals surface area contributed by atoms with Crippen molar-refractivity contribution >= 4 is 15.9 Å². The van der Waals surface area contributed by atoms with Crippen LogP contribution in [-0.2, 0) is 6.18 Å². The number of rotatable bonds is 3. The molecule has 0 fully saturated rings. The third-order valence-electron chi connectivity index (χ3n) is 2.54. The number of hydrogen-bond acceptors (Lipinski definition) is 2. The Balaban J connectivity index is 3.28. The van der Waals surface area contributed by atoms with Gasteiger partial charge in [0.15, 0.2) is 0 Å². The molecule has 0 heterocycles. The molecule has 0 aliphatic rings. The lowest BCUT2D eigenvalue weighted by molar-refractivity contribution is -0.138. The van der Waals surface area contributed by atoms with Crippen molar-refractivity contribution in [2.75, 3.05) is 6.54 Å². The average molecular weight is 312 g/mol. The summed E-state index contributed by atoms with van der Waals surface area (Å²) in [6.45, 7) is 2.09. The van der Waals surface area contributed by atoms with Gasteiger partial charge < -0.3 is 10.8 Å². The van der Waals surface area contributed by atoms with E-state index in [0.29, 0.717) is 17.4 Å². The number of aromatic hydroxyl groups is 1. The van der Waals surface area contributed by atoms with Crippen LogP contribution in [0, 0.1) is 0 Å². The molecule has 0 radical (unpaired) electrons. The van der Waals surface area contributed by atoms with Crippen LogP contribution in [0.15, 0.2) is 16.6 Å². The summed E-state index contributed by atoms with van der Waals surface area (Å²) in [5, 5.41) is 9.66. The van der Waals surface area contributed by atoms with E-state index in [1.54, 1.807) is 6.92 Å². The topological polar surface area (TPSA) is 46.2 Å². The molecular weight excluding hydrogens is 299 g/mol. The Bertz CT molecular complexity index is 406. The van der Waals surface area contributed by atoms with E-state index in [9.17, 15) is 18.3 Å². The predicted molar refractivity (Wildman–Crippen MR) is 62.9 cm³/mol. The fraction of sp³-hybridized carbons (Fsp3) is 0.455. The van der Waals surface area contributed by atoms with Gasteiger partial charge in [0.2, 0.25) is 0 Å². The Labute approximate surface area is 106 Å². The Morgan fingerprint density at radius 3 is 2.47 bits per heavy atom. The zero-order chi connectivity index (χ0) is 13.2. The van der Waals surface area contributed by atoms with E-state index in [-0.39, 0.29) is 11.5 Å². The number of hydrogen-bond donors (Lipinski definition) is 2. The van der Waals surface area contributed by atoms with Crippen molar-refractivity contribution in [3.05, 3.63) is 27.7 Å². The smallest absolute Gasteiger partial charge is 0.420 e. The van der Waals surface area contributed by atoms with E-state index in [2.05, 4.69) is 15.9 Å². The molecule has 0 saturated carbocycles. The SMILES string of the molecule is CC(CCN)c1cc(Br)cc(C(F)(F)F)c1O. The molecule has 2 nitrogen and oxygen atoms in total. The van der Waals surface area contributed by atoms with Crippen molar-refractivity contribution in [1.29, 1.82) is 0 Å². The van der Waals surface area contributed by atoms with E-state index in [4.69, 9.17) is 5.73 Å². The van der Waals surface area contributed by atoms with Gasteiger partial charge in [0.1, 0.15) is 5.75 Å². The van der Waals surface area contributed by atoms with Crippen LogP contribution in [0.3, 0.4) is 0 Å². The standard InChI is InChI=1S/C11H13BrF3NO/c1-6(2-3-16)8-4-7(12)5-9(10(8)17)11(13,14)15/h4-6,17H,2-3,16H2,1H3. The molecule has 1 rings (SSSR count). The van der Waals surface area contributed by atoms with Crippen LogP contribution in [0.2, 0.25) is 0 Å². The van der Waals surface area contributed by atoms with E-state index in [0.717, 1.165) is 6.07 Å². The maximum Gasteiger partial charge on any atom is 0.420 e. The number of phenolic OH excluding ortho intramolecular Hbond substituents is 1. The summed E-state index contributed by atoms with van der Waals surface area (Å²) < 4.78 is 38.3. The third-order valence-corrected chi connectivity index (χ3v) is 3.00. The highest BCUT2D eigenvalue weighted by Gasteiger charge is 2.35. The van der Waals surface area contributed by atoms with Crippen LogP contribution < -0.4 is 5.73 Å². The third kappa shape index (κ3) is 3.35. The lowest BCUT2D eigenvalue weighted by Crippen LogP contribution is -2.09. The monoisotopic (exact) mass is 311 g/mol. The molecule has 17 heavy (non-hydrogen) atoms. The van der Waals surface area contributed by atoms with Crippen LogP contribution >= 0.6 is 15.9 Å². The Hall–Kier alpha value is -0.750. The first kappa shape index (κ1) is 14.3. The van der Waals surface area contributed by atoms with Crippen molar-refractivity contribution in [1.82, 2.24) is 0 Å². The maximum atomic E-state index is 12.7. The Morgan fingerprint density at radius 1 is 1.41 bits per heavy atom. The van der Waals surface area contributed by atoms with Gasteiger partial charge in [0.25, 0.3) is 0 Å². The van der Waals surface area contributed by atoms with E-state index in [1.165, 1.54) is 6.07 Å². The van der Waals surface area contributed by atoms with Crippen LogP contribution in [0.5, 0.6) is 5.75 Å². The number of benzene rings is 1. The molecule has 1 aromatic carbocycles. The lowest BCUT2D eigenvalue weighted by Gasteiger charge is -2.17. The first-order valence-electron chi connectivity index (χ1n) is 5.07. The van der Waals surface area contributed by atoms with Gasteiger partial charge in [-0.3, -0.25) is 0 Å². The summed E-state index contributed by atoms with van der Waals surface area (Å²) in [6.07, 6.45) is -4.05. The molecule has 0 aliphatic heterocycles. The average Bonchev–Trinajstić information content (AvgIpc) is 2.19. The highest BCUT2D eigenvalue weighted by atomic mass is 79.9.